The Balaban J connectivity index is 2.38. The second kappa shape index (κ2) is 9.78. The summed E-state index contributed by atoms with van der Waals surface area (Å²) in [4.78, 5) is 22.3. The number of carbonyl (C=O) groups is 2. The highest BCUT2D eigenvalue weighted by molar-refractivity contribution is 5.69. The minimum atomic E-state index is -0.921. The van der Waals surface area contributed by atoms with Crippen LogP contribution >= 0.6 is 0 Å². The molecule has 0 heterocycles. The van der Waals surface area contributed by atoms with Crippen molar-refractivity contribution >= 4 is 12.1 Å². The average molecular weight is 308 g/mol. The molecule has 0 fully saturated rings. The van der Waals surface area contributed by atoms with Crippen LogP contribution in [0.5, 0.6) is 0 Å². The molecular formula is C16H24N2O4. The first-order chi connectivity index (χ1) is 10.5. The Kier molecular flexibility index (Phi) is 7.99. The number of carboxylic acids is 1. The van der Waals surface area contributed by atoms with Crippen LogP contribution in [0.1, 0.15) is 25.8 Å². The molecule has 6 nitrogen and oxygen atoms in total. The van der Waals surface area contributed by atoms with Gasteiger partial charge < -0.3 is 20.5 Å². The van der Waals surface area contributed by atoms with Gasteiger partial charge in [-0.3, -0.25) is 4.79 Å². The average Bonchev–Trinajstić information content (AvgIpc) is 2.45. The molecule has 0 aliphatic heterocycles. The van der Waals surface area contributed by atoms with Crippen molar-refractivity contribution < 1.29 is 19.4 Å². The summed E-state index contributed by atoms with van der Waals surface area (Å²) in [7, 11) is 0. The van der Waals surface area contributed by atoms with E-state index in [1.807, 2.05) is 44.2 Å². The van der Waals surface area contributed by atoms with Crippen LogP contribution < -0.4 is 10.6 Å². The van der Waals surface area contributed by atoms with Gasteiger partial charge in [0.05, 0.1) is 6.54 Å². The molecule has 1 unspecified atom stereocenters. The fourth-order valence-corrected chi connectivity index (χ4v) is 2.05. The first-order valence-electron chi connectivity index (χ1n) is 7.37. The van der Waals surface area contributed by atoms with E-state index in [9.17, 15) is 9.59 Å². The van der Waals surface area contributed by atoms with Gasteiger partial charge in [0.2, 0.25) is 0 Å². The number of carboxylic acid groups (broad SMARTS) is 1. The van der Waals surface area contributed by atoms with Crippen molar-refractivity contribution in [1.29, 1.82) is 0 Å². The van der Waals surface area contributed by atoms with Gasteiger partial charge in [0.25, 0.3) is 0 Å². The predicted octanol–water partition coefficient (Wildman–Crippen LogP) is 2.00. The maximum atomic E-state index is 11.8. The molecule has 0 aliphatic carbocycles. The summed E-state index contributed by atoms with van der Waals surface area (Å²) < 4.78 is 5.17. The maximum absolute atomic E-state index is 11.8. The fraction of sp³-hybridized carbons (Fsp3) is 0.500. The largest absolute Gasteiger partial charge is 0.480 e. The molecule has 0 spiro atoms. The number of ether oxygens (including phenoxy) is 1. The van der Waals surface area contributed by atoms with Crippen LogP contribution in [0.15, 0.2) is 30.3 Å². The van der Waals surface area contributed by atoms with Crippen molar-refractivity contribution in [3.05, 3.63) is 35.9 Å². The molecular weight excluding hydrogens is 284 g/mol. The number of benzene rings is 1. The number of alkyl carbamates (subject to hydrolysis) is 1. The monoisotopic (exact) mass is 308 g/mol. The van der Waals surface area contributed by atoms with Crippen LogP contribution in [0, 0.1) is 5.92 Å². The molecule has 0 aliphatic rings. The van der Waals surface area contributed by atoms with Crippen molar-refractivity contribution in [2.45, 2.75) is 32.9 Å². The van der Waals surface area contributed by atoms with Crippen molar-refractivity contribution in [3.8, 4) is 0 Å². The van der Waals surface area contributed by atoms with Gasteiger partial charge in [0, 0.05) is 12.6 Å². The van der Waals surface area contributed by atoms with Crippen molar-refractivity contribution in [1.82, 2.24) is 10.6 Å². The Hall–Kier alpha value is -2.08. The summed E-state index contributed by atoms with van der Waals surface area (Å²) in [6.07, 6.45) is 0.249. The molecule has 0 bridgehead atoms. The van der Waals surface area contributed by atoms with Gasteiger partial charge >= 0.3 is 12.1 Å². The number of nitrogens with one attached hydrogen (secondary N) is 2. The lowest BCUT2D eigenvalue weighted by atomic mass is 10.0. The van der Waals surface area contributed by atoms with Gasteiger partial charge in [-0.15, -0.1) is 0 Å². The molecule has 3 N–H and O–H groups in total. The zero-order valence-corrected chi connectivity index (χ0v) is 13.0. The highest BCUT2D eigenvalue weighted by atomic mass is 16.5. The molecule has 6 heteroatoms. The standard InChI is InChI=1S/C16H24N2O4/c1-12(2)8-14(9-17-10-15(19)20)18-16(21)22-11-13-6-4-3-5-7-13/h3-7,12,14,17H,8-11H2,1-2H3,(H,18,21)(H,19,20). The minimum absolute atomic E-state index is 0.130. The number of hydrogen-bond donors (Lipinski definition) is 3. The first kappa shape index (κ1) is 18.0. The lowest BCUT2D eigenvalue weighted by Crippen LogP contribution is -2.44. The van der Waals surface area contributed by atoms with Crippen molar-refractivity contribution in [2.24, 2.45) is 5.92 Å². The Morgan fingerprint density at radius 1 is 1.23 bits per heavy atom. The normalized spacial score (nSPS) is 12.0. The second-order valence-electron chi connectivity index (χ2n) is 5.56. The SMILES string of the molecule is CC(C)CC(CNCC(=O)O)NC(=O)OCc1ccccc1. The number of carbonyl (C=O) groups excluding carboxylic acids is 1. The van der Waals surface area contributed by atoms with E-state index < -0.39 is 12.1 Å². The van der Waals surface area contributed by atoms with Crippen LogP contribution in [0.25, 0.3) is 0 Å². The number of hydrogen-bond acceptors (Lipinski definition) is 4. The zero-order valence-electron chi connectivity index (χ0n) is 13.0. The van der Waals surface area contributed by atoms with Gasteiger partial charge in [0.1, 0.15) is 6.61 Å². The van der Waals surface area contributed by atoms with E-state index in [1.165, 1.54) is 0 Å². The summed E-state index contributed by atoms with van der Waals surface area (Å²) in [5, 5.41) is 14.2. The molecule has 122 valence electrons. The molecule has 0 aromatic heterocycles. The quantitative estimate of drug-likeness (QED) is 0.649. The molecule has 1 amide bonds. The Bertz CT molecular complexity index is 462. The molecule has 1 aromatic rings. The molecule has 0 saturated heterocycles. The Morgan fingerprint density at radius 3 is 2.50 bits per heavy atom. The van der Waals surface area contributed by atoms with E-state index in [0.717, 1.165) is 12.0 Å². The van der Waals surface area contributed by atoms with Crippen LogP contribution in [-0.4, -0.2) is 36.3 Å². The highest BCUT2D eigenvalue weighted by Crippen LogP contribution is 2.05. The summed E-state index contributed by atoms with van der Waals surface area (Å²) in [5.74, 6) is -0.541. The summed E-state index contributed by atoms with van der Waals surface area (Å²) >= 11 is 0. The van der Waals surface area contributed by atoms with Gasteiger partial charge in [-0.25, -0.2) is 4.79 Å². The minimum Gasteiger partial charge on any atom is -0.480 e. The highest BCUT2D eigenvalue weighted by Gasteiger charge is 2.15. The maximum Gasteiger partial charge on any atom is 0.407 e. The fourth-order valence-electron chi connectivity index (χ4n) is 2.05. The Labute approximate surface area is 130 Å². The summed E-state index contributed by atoms with van der Waals surface area (Å²) in [6, 6.07) is 9.27. The molecule has 1 aromatic carbocycles. The second-order valence-corrected chi connectivity index (χ2v) is 5.56. The summed E-state index contributed by atoms with van der Waals surface area (Å²) in [5.41, 5.74) is 0.919. The zero-order chi connectivity index (χ0) is 16.4. The lowest BCUT2D eigenvalue weighted by molar-refractivity contribution is -0.135. The molecule has 1 rings (SSSR count). The predicted molar refractivity (Wildman–Crippen MR) is 83.5 cm³/mol. The third-order valence-electron chi connectivity index (χ3n) is 2.96. The number of amides is 1. The molecule has 0 saturated carbocycles. The van der Waals surface area contributed by atoms with Crippen LogP contribution in [0.2, 0.25) is 0 Å². The van der Waals surface area contributed by atoms with Gasteiger partial charge in [-0.1, -0.05) is 44.2 Å². The van der Waals surface area contributed by atoms with E-state index in [-0.39, 0.29) is 19.2 Å². The van der Waals surface area contributed by atoms with Gasteiger partial charge in [-0.2, -0.15) is 0 Å². The summed E-state index contributed by atoms with van der Waals surface area (Å²) in [6.45, 7) is 4.56. The van der Waals surface area contributed by atoms with Crippen LogP contribution in [0.4, 0.5) is 4.79 Å². The molecule has 0 radical (unpaired) electrons. The van der Waals surface area contributed by atoms with Crippen LogP contribution in [-0.2, 0) is 16.1 Å². The lowest BCUT2D eigenvalue weighted by Gasteiger charge is -2.20. The van der Waals surface area contributed by atoms with E-state index in [2.05, 4.69) is 10.6 Å². The van der Waals surface area contributed by atoms with E-state index in [0.29, 0.717) is 12.5 Å². The van der Waals surface area contributed by atoms with E-state index in [4.69, 9.17) is 9.84 Å². The Morgan fingerprint density at radius 2 is 1.91 bits per heavy atom. The smallest absolute Gasteiger partial charge is 0.407 e. The van der Waals surface area contributed by atoms with Gasteiger partial charge in [0.15, 0.2) is 0 Å². The third-order valence-corrected chi connectivity index (χ3v) is 2.96. The van der Waals surface area contributed by atoms with Crippen molar-refractivity contribution in [3.63, 3.8) is 0 Å². The van der Waals surface area contributed by atoms with Gasteiger partial charge in [-0.05, 0) is 17.9 Å². The van der Waals surface area contributed by atoms with Crippen LogP contribution in [0.3, 0.4) is 0 Å². The topological polar surface area (TPSA) is 87.7 Å². The molecule has 1 atom stereocenters. The van der Waals surface area contributed by atoms with Crippen molar-refractivity contribution in [2.75, 3.05) is 13.1 Å². The van der Waals surface area contributed by atoms with E-state index in [1.54, 1.807) is 0 Å². The van der Waals surface area contributed by atoms with E-state index >= 15 is 0 Å². The third kappa shape index (κ3) is 8.26. The number of rotatable bonds is 9. The first-order valence-corrected chi connectivity index (χ1v) is 7.37. The molecule has 22 heavy (non-hydrogen) atoms. The number of aliphatic carboxylic acids is 1.